The molecule has 3 aromatic carbocycles. The molecule has 3 N–H and O–H groups in total. The summed E-state index contributed by atoms with van der Waals surface area (Å²) in [6.07, 6.45) is 8.88. The number of anilines is 2. The predicted molar refractivity (Wildman–Crippen MR) is 254 cm³/mol. The maximum Gasteiger partial charge on any atom is 0.262 e. The summed E-state index contributed by atoms with van der Waals surface area (Å²) in [5, 5.41) is 8.22. The number of fused-ring (bicyclic) bond motifs is 2. The van der Waals surface area contributed by atoms with Crippen molar-refractivity contribution < 1.29 is 23.9 Å². The van der Waals surface area contributed by atoms with Crippen molar-refractivity contribution in [3.8, 4) is 22.8 Å². The number of hydrogen-bond donors (Lipinski definition) is 2. The number of nitrogen functional groups attached to an aromatic ring is 1. The third kappa shape index (κ3) is 8.89. The smallest absolute Gasteiger partial charge is 0.262 e. The van der Waals surface area contributed by atoms with E-state index in [1.165, 1.54) is 51.9 Å². The van der Waals surface area contributed by atoms with Crippen molar-refractivity contribution in [2.75, 3.05) is 82.6 Å². The summed E-state index contributed by atoms with van der Waals surface area (Å²) in [7, 11) is 0. The number of hydrogen-bond acceptors (Lipinski definition) is 13. The second-order valence-electron chi connectivity index (χ2n) is 19.7. The lowest BCUT2D eigenvalue weighted by molar-refractivity contribution is -0.136. The fourth-order valence-corrected chi connectivity index (χ4v) is 11.5. The summed E-state index contributed by atoms with van der Waals surface area (Å²) >= 11 is 0. The van der Waals surface area contributed by atoms with Crippen LogP contribution in [0.25, 0.3) is 22.3 Å². The second kappa shape index (κ2) is 18.5. The Morgan fingerprint density at radius 2 is 1.27 bits per heavy atom. The molecule has 0 aliphatic carbocycles. The maximum absolute atomic E-state index is 13.3. The van der Waals surface area contributed by atoms with Crippen LogP contribution in [0.3, 0.4) is 0 Å². The van der Waals surface area contributed by atoms with E-state index in [1.807, 2.05) is 60.7 Å². The first-order valence-corrected chi connectivity index (χ1v) is 24.3. The summed E-state index contributed by atoms with van der Waals surface area (Å²) < 4.78 is 8.13. The van der Waals surface area contributed by atoms with Crippen LogP contribution in [0.1, 0.15) is 78.1 Å². The first-order chi connectivity index (χ1) is 32.7. The van der Waals surface area contributed by atoms with Crippen molar-refractivity contribution in [1.82, 2.24) is 44.7 Å². The van der Waals surface area contributed by atoms with Gasteiger partial charge in [0.2, 0.25) is 11.8 Å². The van der Waals surface area contributed by atoms with Crippen molar-refractivity contribution in [1.29, 1.82) is 0 Å². The molecule has 16 heteroatoms. The average molecular weight is 906 g/mol. The minimum absolute atomic E-state index is 0.109. The lowest BCUT2D eigenvalue weighted by Crippen LogP contribution is -2.54. The molecule has 6 aliphatic rings. The van der Waals surface area contributed by atoms with Gasteiger partial charge in [-0.05, 0) is 138 Å². The van der Waals surface area contributed by atoms with Gasteiger partial charge in [0.05, 0.1) is 22.6 Å². The van der Waals surface area contributed by atoms with E-state index in [0.29, 0.717) is 22.9 Å². The van der Waals surface area contributed by atoms with Crippen molar-refractivity contribution in [2.24, 2.45) is 17.8 Å². The van der Waals surface area contributed by atoms with Gasteiger partial charge in [0.25, 0.3) is 11.8 Å². The number of benzene rings is 3. The number of para-hydroxylation sites is 1. The Labute approximate surface area is 390 Å². The number of likely N-dealkylation sites (tertiary alicyclic amines) is 3. The van der Waals surface area contributed by atoms with Gasteiger partial charge in [-0.15, -0.1) is 0 Å². The molecule has 6 aliphatic heterocycles. The highest BCUT2D eigenvalue weighted by atomic mass is 16.5. The molecule has 11 rings (SSSR count). The molecule has 2 aromatic heterocycles. The lowest BCUT2D eigenvalue weighted by Gasteiger charge is -2.45. The monoisotopic (exact) mass is 905 g/mol. The van der Waals surface area contributed by atoms with E-state index in [4.69, 9.17) is 15.6 Å². The minimum Gasteiger partial charge on any atom is -0.457 e. The second-order valence-corrected chi connectivity index (χ2v) is 19.7. The fraction of sp³-hybridized carbons (Fsp3) is 0.471. The molecule has 1 atom stereocenters. The number of ether oxygens (including phenoxy) is 1. The van der Waals surface area contributed by atoms with Gasteiger partial charge in [-0.25, -0.2) is 14.6 Å². The molecular weight excluding hydrogens is 847 g/mol. The Hall–Kier alpha value is -6.23. The number of carbonyl (C=O) groups excluding carboxylic acids is 4. The van der Waals surface area contributed by atoms with E-state index in [0.717, 1.165) is 115 Å². The van der Waals surface area contributed by atoms with E-state index in [1.54, 1.807) is 18.5 Å². The van der Waals surface area contributed by atoms with Gasteiger partial charge in [-0.3, -0.25) is 29.4 Å². The van der Waals surface area contributed by atoms with Crippen molar-refractivity contribution in [3.63, 3.8) is 0 Å². The number of rotatable bonds is 12. The van der Waals surface area contributed by atoms with E-state index < -0.39 is 23.8 Å². The van der Waals surface area contributed by atoms with Gasteiger partial charge in [0, 0.05) is 69.4 Å². The van der Waals surface area contributed by atoms with E-state index in [9.17, 15) is 19.2 Å². The highest BCUT2D eigenvalue weighted by Crippen LogP contribution is 2.37. The molecule has 5 saturated heterocycles. The number of nitrogens with zero attached hydrogens (tertiary/aromatic N) is 9. The summed E-state index contributed by atoms with van der Waals surface area (Å²) in [4.78, 5) is 70.9. The van der Waals surface area contributed by atoms with Crippen LogP contribution in [-0.2, 0) is 9.59 Å². The molecular formula is C51H59N11O5. The van der Waals surface area contributed by atoms with Crippen molar-refractivity contribution in [2.45, 2.75) is 63.5 Å². The molecule has 348 valence electrons. The van der Waals surface area contributed by atoms with Crippen LogP contribution in [0.15, 0.2) is 79.1 Å². The number of carbonyl (C=O) groups is 4. The molecule has 5 aromatic rings. The molecule has 0 saturated carbocycles. The third-order valence-corrected chi connectivity index (χ3v) is 15.2. The van der Waals surface area contributed by atoms with Gasteiger partial charge in [0.1, 0.15) is 35.4 Å². The van der Waals surface area contributed by atoms with Crippen molar-refractivity contribution in [3.05, 3.63) is 90.3 Å². The third-order valence-electron chi connectivity index (χ3n) is 15.2. The Morgan fingerprint density at radius 3 is 1.93 bits per heavy atom. The number of nitrogens with one attached hydrogen (secondary N) is 1. The summed E-state index contributed by atoms with van der Waals surface area (Å²) in [5.74, 6) is 2.17. The summed E-state index contributed by atoms with van der Waals surface area (Å²) in [5.41, 5.74) is 10.6. The quantitative estimate of drug-likeness (QED) is 0.151. The Morgan fingerprint density at radius 1 is 0.657 bits per heavy atom. The normalized spacial score (nSPS) is 22.1. The van der Waals surface area contributed by atoms with Crippen LogP contribution in [0.4, 0.5) is 11.5 Å². The number of aromatic nitrogens is 4. The van der Waals surface area contributed by atoms with Crippen LogP contribution in [0.5, 0.6) is 11.5 Å². The van der Waals surface area contributed by atoms with Crippen LogP contribution in [-0.4, -0.2) is 141 Å². The van der Waals surface area contributed by atoms with Gasteiger partial charge < -0.3 is 30.1 Å². The topological polar surface area (TPSA) is 175 Å². The Kier molecular flexibility index (Phi) is 11.9. The largest absolute Gasteiger partial charge is 0.457 e. The van der Waals surface area contributed by atoms with Crippen LogP contribution < -0.4 is 20.7 Å². The van der Waals surface area contributed by atoms with Gasteiger partial charge in [0.15, 0.2) is 5.65 Å². The highest BCUT2D eigenvalue weighted by Gasteiger charge is 2.45. The highest BCUT2D eigenvalue weighted by molar-refractivity contribution is 6.23. The SMILES string of the molecule is Nc1ncnc2c1c(-c1ccc(Oc3ccccc3)cc1)nn2C1CCN(CC2CCN(CC3CCN(CC4CN(c5ccc6c(c5)C(=O)N(C5CCC(=O)NC5=O)C6=O)C4)CC3)CC2)CC1. The predicted octanol–water partition coefficient (Wildman–Crippen LogP) is 5.47. The molecule has 16 nitrogen and oxygen atoms in total. The first-order valence-electron chi connectivity index (χ1n) is 24.3. The zero-order valence-electron chi connectivity index (χ0n) is 38.0. The molecule has 8 heterocycles. The summed E-state index contributed by atoms with van der Waals surface area (Å²) in [6, 6.07) is 22.5. The Bertz CT molecular complexity index is 2640. The zero-order valence-corrected chi connectivity index (χ0v) is 38.0. The van der Waals surface area contributed by atoms with Gasteiger partial charge in [-0.1, -0.05) is 18.2 Å². The zero-order chi connectivity index (χ0) is 45.6. The lowest BCUT2D eigenvalue weighted by atomic mass is 9.91. The molecule has 67 heavy (non-hydrogen) atoms. The van der Waals surface area contributed by atoms with Crippen molar-refractivity contribution >= 4 is 46.2 Å². The standard InChI is InChI=1S/C51H59N11O5/c52-47-45-46(36-6-9-40(10-7-36)67-39-4-2-1-3-5-39)56-62(48(45)54-32-53-47)37-18-24-59(25-19-37)28-34-14-20-57(21-15-34)27-33-16-22-58(23-17-33)29-35-30-60(31-35)38-8-11-41-42(26-38)51(66)61(50(41)65)43-12-13-44(63)55-49(43)64/h1-11,26,32-35,37,43H,12-25,27-31H2,(H2,52,53,54)(H,55,63,64). The minimum atomic E-state index is -0.951. The first kappa shape index (κ1) is 43.3. The maximum atomic E-state index is 13.3. The van der Waals surface area contributed by atoms with Crippen LogP contribution in [0, 0.1) is 17.8 Å². The molecule has 4 amide bonds. The van der Waals surface area contributed by atoms with Crippen LogP contribution in [0.2, 0.25) is 0 Å². The molecule has 5 fully saturated rings. The molecule has 0 bridgehead atoms. The molecule has 1 unspecified atom stereocenters. The van der Waals surface area contributed by atoms with E-state index in [-0.39, 0.29) is 24.8 Å². The molecule has 0 radical (unpaired) electrons. The number of piperidine rings is 4. The molecule has 0 spiro atoms. The number of imide groups is 2. The van der Waals surface area contributed by atoms with E-state index >= 15 is 0 Å². The van der Waals surface area contributed by atoms with Gasteiger partial charge in [-0.2, -0.15) is 5.10 Å². The average Bonchev–Trinajstić information content (AvgIpc) is 3.84. The van der Waals surface area contributed by atoms with Crippen LogP contribution >= 0.6 is 0 Å². The Balaban J connectivity index is 0.599. The van der Waals surface area contributed by atoms with E-state index in [2.05, 4.69) is 39.6 Å². The fourth-order valence-electron chi connectivity index (χ4n) is 11.5. The van der Waals surface area contributed by atoms with Gasteiger partial charge >= 0.3 is 0 Å². The number of amides is 4. The number of nitrogens with two attached hydrogens (primary N) is 1. The summed E-state index contributed by atoms with van der Waals surface area (Å²) in [6.45, 7) is 12.1.